The lowest BCUT2D eigenvalue weighted by Crippen LogP contribution is -2.36. The van der Waals surface area contributed by atoms with Crippen LogP contribution in [-0.2, 0) is 22.9 Å². The van der Waals surface area contributed by atoms with Crippen molar-refractivity contribution < 1.29 is 22.9 Å². The Labute approximate surface area is 263 Å². The van der Waals surface area contributed by atoms with E-state index < -0.39 is 25.0 Å². The van der Waals surface area contributed by atoms with Gasteiger partial charge in [0.05, 0.1) is 11.8 Å². The smallest absolute Gasteiger partial charge is 0.292 e. The van der Waals surface area contributed by atoms with E-state index in [0.29, 0.717) is 31.0 Å². The van der Waals surface area contributed by atoms with Crippen LogP contribution in [0.5, 0.6) is 0 Å². The maximum atomic E-state index is 12.1. The highest BCUT2D eigenvalue weighted by molar-refractivity contribution is 6.71. The first-order valence-corrected chi connectivity index (χ1v) is 27.5. The predicted molar refractivity (Wildman–Crippen MR) is 187 cm³/mol. The lowest BCUT2D eigenvalue weighted by Gasteiger charge is -2.32. The largest absolute Gasteiger partial charge is 0.520 e. The van der Waals surface area contributed by atoms with Gasteiger partial charge in [-0.25, -0.2) is 0 Å². The van der Waals surface area contributed by atoms with Crippen LogP contribution in [0, 0.1) is 11.8 Å². The summed E-state index contributed by atoms with van der Waals surface area (Å²) in [7, 11) is -5.15. The van der Waals surface area contributed by atoms with Crippen LogP contribution in [0.2, 0.25) is 58.9 Å². The molecule has 1 aliphatic carbocycles. The molecule has 0 heterocycles. The highest BCUT2D eigenvalue weighted by Crippen LogP contribution is 2.41. The van der Waals surface area contributed by atoms with Crippen LogP contribution in [0.25, 0.3) is 0 Å². The molecule has 248 valence electrons. The summed E-state index contributed by atoms with van der Waals surface area (Å²) in [5.41, 5.74) is 1.21. The maximum Gasteiger partial charge on any atom is 0.292 e. The molecule has 6 nitrogen and oxygen atoms in total. The summed E-state index contributed by atoms with van der Waals surface area (Å²) in [4.78, 5) is 18.0. The van der Waals surface area contributed by atoms with E-state index in [2.05, 4.69) is 72.8 Å². The van der Waals surface area contributed by atoms with Crippen LogP contribution in [0.3, 0.4) is 0 Å². The number of rotatable bonds is 23. The van der Waals surface area contributed by atoms with Gasteiger partial charge in [-0.15, -0.1) is 0 Å². The first kappa shape index (κ1) is 39.5. The minimum atomic E-state index is -1.80. The van der Waals surface area contributed by atoms with E-state index in [1.54, 1.807) is 0 Å². The van der Waals surface area contributed by atoms with Crippen molar-refractivity contribution in [3.63, 3.8) is 0 Å². The van der Waals surface area contributed by atoms with Gasteiger partial charge in [0.15, 0.2) is 16.6 Å². The Bertz CT molecular complexity index is 773. The first-order chi connectivity index (χ1) is 19.5. The normalized spacial score (nSPS) is 21.6. The second-order valence-corrected chi connectivity index (χ2v) is 28.8. The summed E-state index contributed by atoms with van der Waals surface area (Å²) in [6.07, 6.45) is 16.7. The SMILES string of the molecule is CCCCC[C@@H](CC[C@H]1[C@H](O[Si](C)(C)C)C/C(=N\OCCCC)[C@@H]1CCCCCCC(=O)O[Si](C)(C)C)O[Si](C)(C)C. The highest BCUT2D eigenvalue weighted by Gasteiger charge is 2.43. The standard InChI is InChI=1S/C33H69NO5Si3/c1-12-14-18-21-28(37-40(3,4)5)24-25-30-29(22-19-16-17-20-23-33(35)39-42(9,10)11)31(34-36-26-15-13-2)27-32(30)38-41(6,7)8/h28-30,32H,12-27H2,1-11H3/b34-31+/t28-,29+,30+,32+/m0/s1. The monoisotopic (exact) mass is 643 g/mol. The molecule has 0 unspecified atom stereocenters. The molecule has 0 radical (unpaired) electrons. The molecule has 0 aliphatic heterocycles. The average Bonchev–Trinajstić information content (AvgIpc) is 3.14. The summed E-state index contributed by atoms with van der Waals surface area (Å²) in [6.45, 7) is 25.2. The van der Waals surface area contributed by atoms with Crippen molar-refractivity contribution >= 4 is 36.6 Å². The van der Waals surface area contributed by atoms with Gasteiger partial charge in [0.1, 0.15) is 6.61 Å². The van der Waals surface area contributed by atoms with Gasteiger partial charge in [0.25, 0.3) is 5.97 Å². The third kappa shape index (κ3) is 19.0. The van der Waals surface area contributed by atoms with E-state index in [0.717, 1.165) is 70.6 Å². The zero-order chi connectivity index (χ0) is 31.8. The zero-order valence-electron chi connectivity index (χ0n) is 29.6. The molecule has 4 atom stereocenters. The Morgan fingerprint density at radius 2 is 1.45 bits per heavy atom. The van der Waals surface area contributed by atoms with E-state index in [-0.39, 0.29) is 12.1 Å². The molecular formula is C33H69NO5Si3. The number of carbonyl (C=O) groups is 1. The summed E-state index contributed by atoms with van der Waals surface area (Å²) in [5, 5.41) is 4.76. The Morgan fingerprint density at radius 3 is 2.05 bits per heavy atom. The van der Waals surface area contributed by atoms with Crippen LogP contribution in [-0.4, -0.2) is 55.4 Å². The van der Waals surface area contributed by atoms with E-state index in [1.165, 1.54) is 25.0 Å². The minimum Gasteiger partial charge on any atom is -0.520 e. The molecule has 1 rings (SSSR count). The van der Waals surface area contributed by atoms with Crippen molar-refractivity contribution in [3.8, 4) is 0 Å². The molecule has 1 saturated carbocycles. The first-order valence-electron chi connectivity index (χ1n) is 17.3. The quantitative estimate of drug-likeness (QED) is 0.0630. The molecule has 1 fully saturated rings. The summed E-state index contributed by atoms with van der Waals surface area (Å²) < 4.78 is 19.2. The van der Waals surface area contributed by atoms with Gasteiger partial charge in [0, 0.05) is 24.9 Å². The van der Waals surface area contributed by atoms with Crippen molar-refractivity contribution in [1.29, 1.82) is 0 Å². The Hall–Kier alpha value is -0.489. The van der Waals surface area contributed by atoms with Gasteiger partial charge < -0.3 is 18.1 Å². The number of hydrogen-bond acceptors (Lipinski definition) is 6. The Morgan fingerprint density at radius 1 is 0.786 bits per heavy atom. The number of nitrogens with zero attached hydrogens (tertiary/aromatic N) is 1. The number of carbonyl (C=O) groups excluding carboxylic acids is 1. The van der Waals surface area contributed by atoms with Crippen LogP contribution < -0.4 is 0 Å². The van der Waals surface area contributed by atoms with Crippen molar-refractivity contribution in [2.75, 3.05) is 6.61 Å². The van der Waals surface area contributed by atoms with Gasteiger partial charge in [-0.1, -0.05) is 63.9 Å². The Kier molecular flexibility index (Phi) is 18.6. The van der Waals surface area contributed by atoms with E-state index in [1.807, 2.05) is 0 Å². The van der Waals surface area contributed by atoms with Crippen LogP contribution >= 0.6 is 0 Å². The summed E-state index contributed by atoms with van der Waals surface area (Å²) in [6, 6.07) is 0. The lowest BCUT2D eigenvalue weighted by molar-refractivity contribution is -0.135. The number of oxime groups is 1. The van der Waals surface area contributed by atoms with E-state index in [4.69, 9.17) is 23.3 Å². The molecule has 0 bridgehead atoms. The Balaban J connectivity index is 2.97. The van der Waals surface area contributed by atoms with Crippen molar-refractivity contribution in [2.45, 2.75) is 181 Å². The molecule has 0 spiro atoms. The molecule has 0 saturated heterocycles. The molecule has 0 aromatic carbocycles. The second-order valence-electron chi connectivity index (χ2n) is 15.5. The van der Waals surface area contributed by atoms with Crippen molar-refractivity contribution in [1.82, 2.24) is 0 Å². The minimum absolute atomic E-state index is 0.0240. The zero-order valence-corrected chi connectivity index (χ0v) is 32.6. The van der Waals surface area contributed by atoms with Crippen molar-refractivity contribution in [2.24, 2.45) is 17.0 Å². The second kappa shape index (κ2) is 19.8. The predicted octanol–water partition coefficient (Wildman–Crippen LogP) is 10.3. The maximum absolute atomic E-state index is 12.1. The molecule has 0 amide bonds. The van der Waals surface area contributed by atoms with Crippen LogP contribution in [0.4, 0.5) is 0 Å². The fourth-order valence-corrected chi connectivity index (χ4v) is 9.14. The van der Waals surface area contributed by atoms with E-state index in [9.17, 15) is 4.79 Å². The molecule has 42 heavy (non-hydrogen) atoms. The fourth-order valence-electron chi connectivity index (χ4n) is 5.95. The molecule has 0 aromatic rings. The van der Waals surface area contributed by atoms with Crippen LogP contribution in [0.1, 0.15) is 110 Å². The molecule has 9 heteroatoms. The topological polar surface area (TPSA) is 66.4 Å². The molecule has 1 aliphatic rings. The van der Waals surface area contributed by atoms with E-state index >= 15 is 0 Å². The third-order valence-electron chi connectivity index (χ3n) is 7.65. The summed E-state index contributed by atoms with van der Waals surface area (Å²) >= 11 is 0. The number of unbranched alkanes of at least 4 members (excludes halogenated alkanes) is 6. The average molecular weight is 644 g/mol. The molecule has 0 aromatic heterocycles. The number of hydrogen-bond donors (Lipinski definition) is 0. The van der Waals surface area contributed by atoms with Gasteiger partial charge in [-0.05, 0) is 103 Å². The third-order valence-corrected chi connectivity index (χ3v) is 10.5. The molecular weight excluding hydrogens is 575 g/mol. The molecule has 0 N–H and O–H groups in total. The van der Waals surface area contributed by atoms with Crippen LogP contribution in [0.15, 0.2) is 5.16 Å². The summed E-state index contributed by atoms with van der Waals surface area (Å²) in [5.74, 6) is 0.827. The van der Waals surface area contributed by atoms with Gasteiger partial charge in [0.2, 0.25) is 8.32 Å². The van der Waals surface area contributed by atoms with Crippen molar-refractivity contribution in [3.05, 3.63) is 0 Å². The lowest BCUT2D eigenvalue weighted by atomic mass is 9.84. The highest BCUT2D eigenvalue weighted by atomic mass is 28.4. The fraction of sp³-hybridized carbons (Fsp3) is 0.939. The van der Waals surface area contributed by atoms with Gasteiger partial charge in [-0.3, -0.25) is 4.79 Å². The van der Waals surface area contributed by atoms with Gasteiger partial charge in [-0.2, -0.15) is 0 Å². The van der Waals surface area contributed by atoms with Gasteiger partial charge >= 0.3 is 0 Å².